The van der Waals surface area contributed by atoms with Gasteiger partial charge in [0.1, 0.15) is 16.8 Å². The van der Waals surface area contributed by atoms with Gasteiger partial charge in [-0.1, -0.05) is 36.4 Å². The number of methoxy groups -OCH3 is 1. The van der Waals surface area contributed by atoms with E-state index in [2.05, 4.69) is 5.32 Å². The van der Waals surface area contributed by atoms with Crippen LogP contribution in [0.3, 0.4) is 0 Å². The molecular weight excluding hydrogens is 406 g/mol. The Morgan fingerprint density at radius 2 is 1.94 bits per heavy atom. The number of aryl methyl sites for hydroxylation is 2. The molecule has 0 atom stereocenters. The van der Waals surface area contributed by atoms with Gasteiger partial charge < -0.3 is 14.6 Å². The number of aromatic nitrogens is 3. The van der Waals surface area contributed by atoms with Crippen LogP contribution in [-0.4, -0.2) is 33.6 Å². The van der Waals surface area contributed by atoms with Crippen LogP contribution in [0.2, 0.25) is 0 Å². The molecule has 8 heteroatoms. The van der Waals surface area contributed by atoms with Gasteiger partial charge in [-0.2, -0.15) is 0 Å². The average molecular weight is 431 g/mol. The zero-order valence-corrected chi connectivity index (χ0v) is 18.1. The molecule has 0 radical (unpaired) electrons. The first-order valence-electron chi connectivity index (χ1n) is 10.4. The Morgan fingerprint density at radius 3 is 2.69 bits per heavy atom. The summed E-state index contributed by atoms with van der Waals surface area (Å²) in [6.07, 6.45) is 2.28. The van der Waals surface area contributed by atoms with Crippen molar-refractivity contribution in [3.63, 3.8) is 0 Å². The first-order chi connectivity index (χ1) is 15.5. The predicted molar refractivity (Wildman–Crippen MR) is 122 cm³/mol. The average Bonchev–Trinajstić information content (AvgIpc) is 2.80. The third kappa shape index (κ3) is 4.04. The van der Waals surface area contributed by atoms with Crippen LogP contribution in [0, 0.1) is 12.3 Å². The van der Waals surface area contributed by atoms with Gasteiger partial charge in [-0.15, -0.1) is 0 Å². The van der Waals surface area contributed by atoms with Gasteiger partial charge in [-0.3, -0.25) is 19.4 Å². The van der Waals surface area contributed by atoms with E-state index in [0.29, 0.717) is 42.8 Å². The van der Waals surface area contributed by atoms with Crippen molar-refractivity contribution in [2.24, 2.45) is 0 Å². The van der Waals surface area contributed by atoms with Gasteiger partial charge in [0.25, 0.3) is 11.5 Å². The number of rotatable bonds is 7. The summed E-state index contributed by atoms with van der Waals surface area (Å²) >= 11 is 0. The Hall–Kier alpha value is -3.78. The molecule has 2 N–H and O–H groups in total. The maximum atomic E-state index is 13.3. The molecule has 0 bridgehead atoms. The van der Waals surface area contributed by atoms with Crippen LogP contribution in [0.5, 0.6) is 0 Å². The minimum Gasteiger partial charge on any atom is -0.385 e. The maximum absolute atomic E-state index is 13.3. The molecule has 0 aliphatic rings. The summed E-state index contributed by atoms with van der Waals surface area (Å²) in [7, 11) is 1.61. The van der Waals surface area contributed by atoms with E-state index in [-0.39, 0.29) is 16.6 Å². The largest absolute Gasteiger partial charge is 0.385 e. The van der Waals surface area contributed by atoms with Crippen molar-refractivity contribution in [3.8, 4) is 0 Å². The van der Waals surface area contributed by atoms with Crippen LogP contribution in [0.25, 0.3) is 16.7 Å². The fraction of sp³-hybridized carbons (Fsp3) is 0.250. The van der Waals surface area contributed by atoms with Gasteiger partial charge in [0.2, 0.25) is 0 Å². The lowest BCUT2D eigenvalue weighted by Crippen LogP contribution is -2.35. The van der Waals surface area contributed by atoms with Gasteiger partial charge >= 0.3 is 0 Å². The molecule has 164 valence electrons. The van der Waals surface area contributed by atoms with Gasteiger partial charge in [-0.25, -0.2) is 4.98 Å². The summed E-state index contributed by atoms with van der Waals surface area (Å²) in [5, 5.41) is 11.9. The fourth-order valence-corrected chi connectivity index (χ4v) is 3.73. The molecule has 32 heavy (non-hydrogen) atoms. The van der Waals surface area contributed by atoms with Crippen molar-refractivity contribution >= 4 is 22.6 Å². The highest BCUT2D eigenvalue weighted by Gasteiger charge is 2.18. The second-order valence-electron chi connectivity index (χ2n) is 7.61. The van der Waals surface area contributed by atoms with Gasteiger partial charge in [0.05, 0.1) is 10.9 Å². The molecule has 0 aliphatic heterocycles. The third-order valence-electron chi connectivity index (χ3n) is 5.40. The number of ether oxygens (including phenoxy) is 1. The number of nitrogens with zero attached hydrogens (tertiary/aromatic N) is 3. The van der Waals surface area contributed by atoms with E-state index in [1.54, 1.807) is 23.9 Å². The van der Waals surface area contributed by atoms with Crippen LogP contribution in [0.4, 0.5) is 0 Å². The number of hydrogen-bond donors (Lipinski definition) is 2. The number of pyridine rings is 2. The number of amides is 1. The van der Waals surface area contributed by atoms with Crippen LogP contribution in [0.15, 0.2) is 59.5 Å². The van der Waals surface area contributed by atoms with Crippen LogP contribution in [-0.2, 0) is 17.8 Å². The van der Waals surface area contributed by atoms with Crippen LogP contribution >= 0.6 is 0 Å². The SMILES string of the molecule is COCCCn1c(=N)c(C(=O)NCc2ccccc2)cc2c(=O)n3cccc(C)c3nc21. The molecule has 0 fully saturated rings. The standard InChI is InChI=1S/C24H25N5O3/c1-16-8-6-11-29-21(16)27-22-19(24(29)31)14-18(20(25)28(22)12-7-13-32-2)23(30)26-15-17-9-4-3-5-10-17/h3-6,8-11,14,25H,7,12-13,15H2,1-2H3,(H,26,30). The number of carbonyl (C=O) groups excluding carboxylic acids is 1. The molecule has 0 saturated carbocycles. The molecule has 3 aromatic heterocycles. The summed E-state index contributed by atoms with van der Waals surface area (Å²) in [5.74, 6) is -0.407. The van der Waals surface area contributed by atoms with Gasteiger partial charge in [-0.05, 0) is 36.6 Å². The first-order valence-corrected chi connectivity index (χ1v) is 10.4. The van der Waals surface area contributed by atoms with E-state index in [1.165, 1.54) is 10.5 Å². The van der Waals surface area contributed by atoms with E-state index in [4.69, 9.17) is 15.1 Å². The maximum Gasteiger partial charge on any atom is 0.267 e. The Bertz CT molecular complexity index is 1410. The lowest BCUT2D eigenvalue weighted by molar-refractivity contribution is 0.0948. The second-order valence-corrected chi connectivity index (χ2v) is 7.61. The zero-order valence-electron chi connectivity index (χ0n) is 18.1. The normalized spacial score (nSPS) is 11.2. The molecule has 4 aromatic rings. The van der Waals surface area contributed by atoms with E-state index in [9.17, 15) is 9.59 Å². The topological polar surface area (TPSA) is 101 Å². The molecule has 0 saturated heterocycles. The van der Waals surface area contributed by atoms with E-state index in [0.717, 1.165) is 11.1 Å². The van der Waals surface area contributed by atoms with Crippen molar-refractivity contribution < 1.29 is 9.53 Å². The van der Waals surface area contributed by atoms with Crippen molar-refractivity contribution in [3.05, 3.63) is 87.3 Å². The zero-order chi connectivity index (χ0) is 22.7. The van der Waals surface area contributed by atoms with Crippen LogP contribution in [0.1, 0.15) is 27.9 Å². The molecular formula is C24H25N5O3. The van der Waals surface area contributed by atoms with Crippen molar-refractivity contribution in [1.29, 1.82) is 5.41 Å². The summed E-state index contributed by atoms with van der Waals surface area (Å²) in [4.78, 5) is 31.0. The minimum absolute atomic E-state index is 0.0176. The summed E-state index contributed by atoms with van der Waals surface area (Å²) in [5.41, 5.74) is 2.61. The quantitative estimate of drug-likeness (QED) is 0.347. The molecule has 1 amide bonds. The summed E-state index contributed by atoms with van der Waals surface area (Å²) in [6, 6.07) is 14.7. The third-order valence-corrected chi connectivity index (χ3v) is 5.40. The Morgan fingerprint density at radius 1 is 1.16 bits per heavy atom. The highest BCUT2D eigenvalue weighted by molar-refractivity contribution is 5.96. The van der Waals surface area contributed by atoms with Crippen molar-refractivity contribution in [1.82, 2.24) is 19.3 Å². The number of carbonyl (C=O) groups is 1. The molecule has 1 aromatic carbocycles. The Balaban J connectivity index is 1.86. The Kier molecular flexibility index (Phi) is 6.13. The van der Waals surface area contributed by atoms with Crippen molar-refractivity contribution in [2.75, 3.05) is 13.7 Å². The van der Waals surface area contributed by atoms with Crippen LogP contribution < -0.4 is 16.4 Å². The molecule has 4 rings (SSSR count). The minimum atomic E-state index is -0.407. The van der Waals surface area contributed by atoms with E-state index in [1.807, 2.05) is 43.3 Å². The highest BCUT2D eigenvalue weighted by Crippen LogP contribution is 2.13. The first kappa shape index (κ1) is 21.5. The van der Waals surface area contributed by atoms with E-state index < -0.39 is 5.91 Å². The second kappa shape index (κ2) is 9.15. The smallest absolute Gasteiger partial charge is 0.267 e. The highest BCUT2D eigenvalue weighted by atomic mass is 16.5. The monoisotopic (exact) mass is 431 g/mol. The summed E-state index contributed by atoms with van der Waals surface area (Å²) in [6.45, 7) is 3.10. The Labute approximate surface area is 184 Å². The molecule has 8 nitrogen and oxygen atoms in total. The number of nitrogens with one attached hydrogen (secondary N) is 2. The number of hydrogen-bond acceptors (Lipinski definition) is 5. The lowest BCUT2D eigenvalue weighted by atomic mass is 10.1. The molecule has 0 unspecified atom stereocenters. The predicted octanol–water partition coefficient (Wildman–Crippen LogP) is 2.40. The van der Waals surface area contributed by atoms with Gasteiger partial charge in [0.15, 0.2) is 0 Å². The summed E-state index contributed by atoms with van der Waals surface area (Å²) < 4.78 is 8.26. The lowest BCUT2D eigenvalue weighted by Gasteiger charge is -2.15. The molecule has 0 spiro atoms. The van der Waals surface area contributed by atoms with Crippen molar-refractivity contribution in [2.45, 2.75) is 26.4 Å². The molecule has 3 heterocycles. The fourth-order valence-electron chi connectivity index (χ4n) is 3.73. The number of benzene rings is 1. The molecule has 0 aliphatic carbocycles. The van der Waals surface area contributed by atoms with Gasteiger partial charge in [0, 0.05) is 33.0 Å². The van der Waals surface area contributed by atoms with E-state index >= 15 is 0 Å². The number of fused-ring (bicyclic) bond motifs is 2.